The maximum atomic E-state index is 11.5. The molecule has 2 rings (SSSR count). The van der Waals surface area contributed by atoms with Crippen LogP contribution in [0.15, 0.2) is 60.7 Å². The van der Waals surface area contributed by atoms with Crippen molar-refractivity contribution in [2.24, 2.45) is 0 Å². The third-order valence-electron chi connectivity index (χ3n) is 3.14. The first-order valence-electron chi connectivity index (χ1n) is 7.39. The molecule has 116 valence electrons. The summed E-state index contributed by atoms with van der Waals surface area (Å²) in [6.45, 7) is 0.786. The third-order valence-corrected chi connectivity index (χ3v) is 3.14. The summed E-state index contributed by atoms with van der Waals surface area (Å²) in [4.78, 5) is 11.5. The predicted octanol–water partition coefficient (Wildman–Crippen LogP) is 3.89. The molecule has 0 heterocycles. The number of carbonyl (C=O) groups is 1. The number of nitrogens with zero attached hydrogens (tertiary/aromatic N) is 1. The number of nitriles is 1. The zero-order valence-corrected chi connectivity index (χ0v) is 12.7. The van der Waals surface area contributed by atoms with Crippen molar-refractivity contribution in [1.82, 2.24) is 5.32 Å². The van der Waals surface area contributed by atoms with Gasteiger partial charge in [0.05, 0.1) is 11.6 Å². The van der Waals surface area contributed by atoms with E-state index in [9.17, 15) is 4.79 Å². The molecule has 0 bridgehead atoms. The first-order valence-corrected chi connectivity index (χ1v) is 7.39. The number of ether oxygens (including phenoxy) is 1. The second-order valence-corrected chi connectivity index (χ2v) is 4.91. The summed E-state index contributed by atoms with van der Waals surface area (Å²) < 4.78 is 5.11. The number of carbonyl (C=O) groups excluding carboxylic acids is 1. The highest BCUT2D eigenvalue weighted by atomic mass is 16.5. The molecule has 1 amide bonds. The Morgan fingerprint density at radius 3 is 2.57 bits per heavy atom. The van der Waals surface area contributed by atoms with E-state index in [-0.39, 0.29) is 6.61 Å². The van der Waals surface area contributed by atoms with Gasteiger partial charge >= 0.3 is 6.09 Å². The number of nitrogens with one attached hydrogen (secondary N) is 1. The van der Waals surface area contributed by atoms with Crippen molar-refractivity contribution in [1.29, 1.82) is 5.26 Å². The molecule has 4 heteroatoms. The zero-order valence-electron chi connectivity index (χ0n) is 12.7. The molecule has 0 saturated heterocycles. The van der Waals surface area contributed by atoms with Gasteiger partial charge < -0.3 is 10.1 Å². The van der Waals surface area contributed by atoms with E-state index in [2.05, 4.69) is 11.4 Å². The third kappa shape index (κ3) is 6.06. The number of hydrogen-bond donors (Lipinski definition) is 1. The lowest BCUT2D eigenvalue weighted by molar-refractivity contribution is 0.140. The fourth-order valence-electron chi connectivity index (χ4n) is 1.92. The second kappa shape index (κ2) is 9.06. The Kier molecular flexibility index (Phi) is 6.43. The van der Waals surface area contributed by atoms with Crippen molar-refractivity contribution in [2.75, 3.05) is 6.54 Å². The minimum absolute atomic E-state index is 0.272. The van der Waals surface area contributed by atoms with Crippen LogP contribution in [0.25, 0.3) is 6.08 Å². The van der Waals surface area contributed by atoms with Crippen LogP contribution in [0.4, 0.5) is 4.79 Å². The van der Waals surface area contributed by atoms with E-state index < -0.39 is 6.09 Å². The summed E-state index contributed by atoms with van der Waals surface area (Å²) in [6, 6.07) is 19.0. The summed E-state index contributed by atoms with van der Waals surface area (Å²) in [5.41, 5.74) is 2.63. The van der Waals surface area contributed by atoms with Gasteiger partial charge in [0.2, 0.25) is 0 Å². The summed E-state index contributed by atoms with van der Waals surface area (Å²) in [6.07, 6.45) is 4.22. The number of amides is 1. The lowest BCUT2D eigenvalue weighted by Crippen LogP contribution is -2.24. The minimum atomic E-state index is -0.416. The van der Waals surface area contributed by atoms with Crippen LogP contribution >= 0.6 is 0 Å². The Hall–Kier alpha value is -3.06. The largest absolute Gasteiger partial charge is 0.445 e. The normalized spacial score (nSPS) is 10.2. The Balaban J connectivity index is 1.63. The van der Waals surface area contributed by atoms with Gasteiger partial charge in [-0.25, -0.2) is 4.79 Å². The van der Waals surface area contributed by atoms with E-state index in [1.165, 1.54) is 0 Å². The Morgan fingerprint density at radius 1 is 1.13 bits per heavy atom. The molecular formula is C19H18N2O2. The monoisotopic (exact) mass is 306 g/mol. The van der Waals surface area contributed by atoms with Crippen LogP contribution in [0.1, 0.15) is 23.1 Å². The molecule has 0 aromatic heterocycles. The first-order chi connectivity index (χ1) is 11.3. The average Bonchev–Trinajstić information content (AvgIpc) is 2.61. The van der Waals surface area contributed by atoms with Crippen molar-refractivity contribution in [3.63, 3.8) is 0 Å². The average molecular weight is 306 g/mol. The van der Waals surface area contributed by atoms with E-state index in [1.54, 1.807) is 12.1 Å². The molecule has 0 atom stereocenters. The van der Waals surface area contributed by atoms with Gasteiger partial charge in [-0.3, -0.25) is 0 Å². The first kappa shape index (κ1) is 16.3. The molecule has 0 fully saturated rings. The van der Waals surface area contributed by atoms with Crippen LogP contribution in [0, 0.1) is 11.3 Å². The summed E-state index contributed by atoms with van der Waals surface area (Å²) in [5.74, 6) is 0. The summed E-state index contributed by atoms with van der Waals surface area (Å²) in [7, 11) is 0. The van der Waals surface area contributed by atoms with E-state index in [1.807, 2.05) is 54.6 Å². The number of rotatable bonds is 6. The van der Waals surface area contributed by atoms with Crippen molar-refractivity contribution >= 4 is 12.2 Å². The van der Waals surface area contributed by atoms with Gasteiger partial charge in [-0.05, 0) is 29.7 Å². The van der Waals surface area contributed by atoms with Crippen molar-refractivity contribution in [3.05, 3.63) is 77.4 Å². The van der Waals surface area contributed by atoms with E-state index >= 15 is 0 Å². The molecule has 0 radical (unpaired) electrons. The van der Waals surface area contributed by atoms with Crippen molar-refractivity contribution < 1.29 is 9.53 Å². The Morgan fingerprint density at radius 2 is 1.87 bits per heavy atom. The summed E-state index contributed by atoms with van der Waals surface area (Å²) in [5, 5.41) is 11.4. The molecule has 2 aromatic rings. The van der Waals surface area contributed by atoms with E-state index in [4.69, 9.17) is 10.00 Å². The van der Waals surface area contributed by atoms with Crippen LogP contribution in [0.3, 0.4) is 0 Å². The number of benzene rings is 2. The van der Waals surface area contributed by atoms with Crippen LogP contribution in [-0.2, 0) is 11.3 Å². The molecule has 0 aliphatic rings. The summed E-state index contributed by atoms with van der Waals surface area (Å²) >= 11 is 0. The van der Waals surface area contributed by atoms with E-state index in [0.717, 1.165) is 11.1 Å². The van der Waals surface area contributed by atoms with Gasteiger partial charge in [0.25, 0.3) is 0 Å². The standard InChI is InChI=1S/C19H18N2O2/c20-14-17-11-9-16(10-12-17)6-4-5-13-21-19(22)23-15-18-7-2-1-3-8-18/h1-4,6-12H,5,13,15H2,(H,21,22). The second-order valence-electron chi connectivity index (χ2n) is 4.91. The molecule has 2 aromatic carbocycles. The zero-order chi connectivity index (χ0) is 16.3. The fraction of sp³-hybridized carbons (Fsp3) is 0.158. The molecule has 4 nitrogen and oxygen atoms in total. The predicted molar refractivity (Wildman–Crippen MR) is 89.4 cm³/mol. The maximum Gasteiger partial charge on any atom is 0.407 e. The SMILES string of the molecule is N#Cc1ccc(C=CCCNC(=O)OCc2ccccc2)cc1. The highest BCUT2D eigenvalue weighted by Crippen LogP contribution is 2.05. The fourth-order valence-corrected chi connectivity index (χ4v) is 1.92. The van der Waals surface area contributed by atoms with Crippen LogP contribution in [0.5, 0.6) is 0 Å². The Labute approximate surface area is 136 Å². The molecule has 0 aliphatic heterocycles. The van der Waals surface area contributed by atoms with Crippen LogP contribution in [-0.4, -0.2) is 12.6 Å². The molecule has 0 unspecified atom stereocenters. The molecule has 1 N–H and O–H groups in total. The smallest absolute Gasteiger partial charge is 0.407 e. The molecule has 0 saturated carbocycles. The molecule has 0 spiro atoms. The lowest BCUT2D eigenvalue weighted by Gasteiger charge is -2.05. The van der Waals surface area contributed by atoms with Gasteiger partial charge in [-0.2, -0.15) is 5.26 Å². The van der Waals surface area contributed by atoms with E-state index in [0.29, 0.717) is 18.5 Å². The number of alkyl carbamates (subject to hydrolysis) is 1. The van der Waals surface area contributed by atoms with Gasteiger partial charge in [-0.15, -0.1) is 0 Å². The van der Waals surface area contributed by atoms with Gasteiger partial charge in [0.15, 0.2) is 0 Å². The van der Waals surface area contributed by atoms with Gasteiger partial charge in [0, 0.05) is 6.54 Å². The topological polar surface area (TPSA) is 62.1 Å². The van der Waals surface area contributed by atoms with Gasteiger partial charge in [-0.1, -0.05) is 54.6 Å². The Bertz CT molecular complexity index is 686. The molecule has 23 heavy (non-hydrogen) atoms. The highest BCUT2D eigenvalue weighted by Gasteiger charge is 2.00. The minimum Gasteiger partial charge on any atom is -0.445 e. The maximum absolute atomic E-state index is 11.5. The highest BCUT2D eigenvalue weighted by molar-refractivity contribution is 5.67. The van der Waals surface area contributed by atoms with Crippen LogP contribution in [0.2, 0.25) is 0 Å². The van der Waals surface area contributed by atoms with Gasteiger partial charge in [0.1, 0.15) is 6.61 Å². The van der Waals surface area contributed by atoms with Crippen molar-refractivity contribution in [2.45, 2.75) is 13.0 Å². The quantitative estimate of drug-likeness (QED) is 0.824. The van der Waals surface area contributed by atoms with Crippen molar-refractivity contribution in [3.8, 4) is 6.07 Å². The number of hydrogen-bond acceptors (Lipinski definition) is 3. The van der Waals surface area contributed by atoms with Crippen LogP contribution < -0.4 is 5.32 Å². The molecule has 0 aliphatic carbocycles. The lowest BCUT2D eigenvalue weighted by atomic mass is 10.1. The molecular weight excluding hydrogens is 288 g/mol.